The molecule has 30 heavy (non-hydrogen) atoms. The number of benzene rings is 2. The van der Waals surface area contributed by atoms with Crippen LogP contribution in [0.2, 0.25) is 0 Å². The van der Waals surface area contributed by atoms with E-state index in [0.717, 1.165) is 0 Å². The maximum absolute atomic E-state index is 13.1. The maximum Gasteiger partial charge on any atom is 0.471 e. The molecule has 0 saturated carbocycles. The monoisotopic (exact) mass is 416 g/mol. The van der Waals surface area contributed by atoms with Crippen molar-refractivity contribution in [2.24, 2.45) is 0 Å². The van der Waals surface area contributed by atoms with Gasteiger partial charge in [-0.05, 0) is 24.1 Å². The summed E-state index contributed by atoms with van der Waals surface area (Å²) in [6, 6.07) is 11.8. The van der Waals surface area contributed by atoms with Crippen LogP contribution >= 0.6 is 0 Å². The lowest BCUT2D eigenvalue weighted by molar-refractivity contribution is -0.170. The topological polar surface area (TPSA) is 95.2 Å². The Kier molecular flexibility index (Phi) is 4.76. The Morgan fingerprint density at radius 1 is 1.07 bits per heavy atom. The van der Waals surface area contributed by atoms with Crippen LogP contribution in [0.5, 0.6) is 0 Å². The van der Waals surface area contributed by atoms with E-state index in [0.29, 0.717) is 15.8 Å². The second-order valence-corrected chi connectivity index (χ2v) is 6.86. The molecule has 0 bridgehead atoms. The fraction of sp³-hybridized carbons (Fsp3) is 0.200. The van der Waals surface area contributed by atoms with Gasteiger partial charge in [-0.3, -0.25) is 14.4 Å². The summed E-state index contributed by atoms with van der Waals surface area (Å²) in [6.45, 7) is -0.345. The Hall–Kier alpha value is -3.69. The summed E-state index contributed by atoms with van der Waals surface area (Å²) < 4.78 is 39.2. The van der Waals surface area contributed by atoms with Crippen LogP contribution in [0.15, 0.2) is 53.3 Å². The highest BCUT2D eigenvalue weighted by molar-refractivity contribution is 6.05. The molecule has 7 nitrogen and oxygen atoms in total. The van der Waals surface area contributed by atoms with Gasteiger partial charge in [-0.2, -0.15) is 18.3 Å². The molecule has 2 heterocycles. The molecular formula is C20H15F3N4O3. The number of fused-ring (bicyclic) bond motifs is 2. The third-order valence-electron chi connectivity index (χ3n) is 4.89. The van der Waals surface area contributed by atoms with Crippen LogP contribution in [0, 0.1) is 0 Å². The summed E-state index contributed by atoms with van der Waals surface area (Å²) in [6.07, 6.45) is -4.81. The highest BCUT2D eigenvalue weighted by Crippen LogP contribution is 2.31. The van der Waals surface area contributed by atoms with E-state index in [1.54, 1.807) is 36.4 Å². The molecule has 154 valence electrons. The number of amides is 2. The van der Waals surface area contributed by atoms with Gasteiger partial charge in [0, 0.05) is 17.6 Å². The number of rotatable bonds is 2. The SMILES string of the molecule is O=C(NC1Cc2ccccc2N(C(=O)C(F)(F)F)C1)c1n[nH]c(=O)c2ccccc12. The van der Waals surface area contributed by atoms with Crippen LogP contribution in [0.1, 0.15) is 16.1 Å². The summed E-state index contributed by atoms with van der Waals surface area (Å²) in [5.41, 5.74) is 0.150. The van der Waals surface area contributed by atoms with Crippen molar-refractivity contribution in [1.82, 2.24) is 15.5 Å². The number of anilines is 1. The van der Waals surface area contributed by atoms with Gasteiger partial charge in [0.15, 0.2) is 5.69 Å². The predicted molar refractivity (Wildman–Crippen MR) is 102 cm³/mol. The van der Waals surface area contributed by atoms with Crippen molar-refractivity contribution < 1.29 is 22.8 Å². The minimum Gasteiger partial charge on any atom is -0.346 e. The van der Waals surface area contributed by atoms with Gasteiger partial charge in [-0.1, -0.05) is 36.4 Å². The number of alkyl halides is 3. The quantitative estimate of drug-likeness (QED) is 0.670. The van der Waals surface area contributed by atoms with Crippen molar-refractivity contribution in [2.75, 3.05) is 11.4 Å². The van der Waals surface area contributed by atoms with Gasteiger partial charge in [0.1, 0.15) is 0 Å². The van der Waals surface area contributed by atoms with Crippen LogP contribution in [0.25, 0.3) is 10.8 Å². The average molecular weight is 416 g/mol. The zero-order valence-electron chi connectivity index (χ0n) is 15.4. The fourth-order valence-electron chi connectivity index (χ4n) is 3.58. The zero-order chi connectivity index (χ0) is 21.5. The average Bonchev–Trinajstić information content (AvgIpc) is 2.72. The molecule has 3 aromatic rings. The van der Waals surface area contributed by atoms with E-state index < -0.39 is 29.6 Å². The molecule has 0 spiro atoms. The van der Waals surface area contributed by atoms with Crippen molar-refractivity contribution >= 4 is 28.3 Å². The van der Waals surface area contributed by atoms with Gasteiger partial charge in [0.2, 0.25) is 0 Å². The lowest BCUT2D eigenvalue weighted by Gasteiger charge is -2.35. The van der Waals surface area contributed by atoms with Crippen LogP contribution in [-0.2, 0) is 11.2 Å². The minimum absolute atomic E-state index is 0.0576. The van der Waals surface area contributed by atoms with Crippen LogP contribution in [0.4, 0.5) is 18.9 Å². The van der Waals surface area contributed by atoms with Crippen molar-refractivity contribution in [1.29, 1.82) is 0 Å². The molecule has 0 radical (unpaired) electrons. The van der Waals surface area contributed by atoms with E-state index in [-0.39, 0.29) is 29.7 Å². The van der Waals surface area contributed by atoms with Crippen molar-refractivity contribution in [3.63, 3.8) is 0 Å². The normalized spacial score (nSPS) is 16.2. The number of halogens is 3. The van der Waals surface area contributed by atoms with Crippen LogP contribution in [0.3, 0.4) is 0 Å². The molecule has 1 atom stereocenters. The van der Waals surface area contributed by atoms with Crippen LogP contribution in [-0.4, -0.2) is 40.8 Å². The summed E-state index contributed by atoms with van der Waals surface area (Å²) in [5, 5.41) is 9.26. The standard InChI is InChI=1S/C20H15F3N4O3/c21-20(22,23)19(30)27-10-12(9-11-5-1-4-8-15(11)27)24-18(29)16-13-6-2-3-7-14(13)17(28)26-25-16/h1-8,12H,9-10H2,(H,24,29)(H,26,28). The first-order valence-corrected chi connectivity index (χ1v) is 9.00. The number of aromatic nitrogens is 2. The second kappa shape index (κ2) is 7.29. The number of H-pyrrole nitrogens is 1. The van der Waals surface area contributed by atoms with Gasteiger partial charge < -0.3 is 10.2 Å². The molecule has 2 amide bonds. The molecule has 1 unspecified atom stereocenters. The molecule has 1 aliphatic rings. The van der Waals surface area contributed by atoms with Gasteiger partial charge in [-0.25, -0.2) is 5.10 Å². The van der Waals surface area contributed by atoms with Gasteiger partial charge >= 0.3 is 12.1 Å². The number of hydrogen-bond acceptors (Lipinski definition) is 4. The summed E-state index contributed by atoms with van der Waals surface area (Å²) in [5.74, 6) is -2.66. The van der Waals surface area contributed by atoms with E-state index in [1.165, 1.54) is 12.1 Å². The van der Waals surface area contributed by atoms with Gasteiger partial charge in [0.05, 0.1) is 11.4 Å². The Bertz CT molecular complexity index is 1210. The predicted octanol–water partition coefficient (Wildman–Crippen LogP) is 2.17. The number of hydrogen-bond donors (Lipinski definition) is 2. The molecule has 0 saturated heterocycles. The van der Waals surface area contributed by atoms with Crippen molar-refractivity contribution in [3.05, 3.63) is 70.1 Å². The molecule has 10 heteroatoms. The molecule has 0 fully saturated rings. The Morgan fingerprint density at radius 3 is 2.47 bits per heavy atom. The Balaban J connectivity index is 1.65. The Morgan fingerprint density at radius 2 is 1.73 bits per heavy atom. The van der Waals surface area contributed by atoms with E-state index in [4.69, 9.17) is 0 Å². The maximum atomic E-state index is 13.1. The zero-order valence-corrected chi connectivity index (χ0v) is 15.4. The number of carbonyl (C=O) groups excluding carboxylic acids is 2. The first-order chi connectivity index (χ1) is 14.3. The highest BCUT2D eigenvalue weighted by atomic mass is 19.4. The lowest BCUT2D eigenvalue weighted by atomic mass is 9.97. The molecule has 2 N–H and O–H groups in total. The third kappa shape index (κ3) is 3.51. The van der Waals surface area contributed by atoms with Crippen molar-refractivity contribution in [3.8, 4) is 0 Å². The van der Waals surface area contributed by atoms with Crippen molar-refractivity contribution in [2.45, 2.75) is 18.6 Å². The summed E-state index contributed by atoms with van der Waals surface area (Å²) >= 11 is 0. The fourth-order valence-corrected chi connectivity index (χ4v) is 3.58. The highest BCUT2D eigenvalue weighted by Gasteiger charge is 2.45. The van der Waals surface area contributed by atoms with E-state index in [9.17, 15) is 27.6 Å². The molecular weight excluding hydrogens is 401 g/mol. The van der Waals surface area contributed by atoms with E-state index in [1.807, 2.05) is 0 Å². The second-order valence-electron chi connectivity index (χ2n) is 6.86. The lowest BCUT2D eigenvalue weighted by Crippen LogP contribution is -2.53. The minimum atomic E-state index is -5.05. The summed E-state index contributed by atoms with van der Waals surface area (Å²) in [7, 11) is 0. The van der Waals surface area contributed by atoms with Gasteiger partial charge in [0.25, 0.3) is 11.5 Å². The largest absolute Gasteiger partial charge is 0.471 e. The van der Waals surface area contributed by atoms with Crippen LogP contribution < -0.4 is 15.8 Å². The molecule has 1 aliphatic heterocycles. The molecule has 4 rings (SSSR count). The number of aromatic amines is 1. The first kappa shape index (κ1) is 19.6. The number of nitrogens with one attached hydrogen (secondary N) is 2. The third-order valence-corrected chi connectivity index (χ3v) is 4.89. The number of para-hydroxylation sites is 1. The summed E-state index contributed by atoms with van der Waals surface area (Å²) in [4.78, 5) is 37.3. The first-order valence-electron chi connectivity index (χ1n) is 9.00. The number of nitrogens with zero attached hydrogens (tertiary/aromatic N) is 2. The Labute approximate surface area is 167 Å². The van der Waals surface area contributed by atoms with Gasteiger partial charge in [-0.15, -0.1) is 0 Å². The molecule has 2 aromatic carbocycles. The molecule has 1 aromatic heterocycles. The van der Waals surface area contributed by atoms with E-state index in [2.05, 4.69) is 15.5 Å². The van der Waals surface area contributed by atoms with E-state index >= 15 is 0 Å². The number of carbonyl (C=O) groups is 2. The smallest absolute Gasteiger partial charge is 0.346 e. The molecule has 0 aliphatic carbocycles.